The van der Waals surface area contributed by atoms with Crippen molar-refractivity contribution in [2.24, 2.45) is 5.92 Å². The van der Waals surface area contributed by atoms with Crippen molar-refractivity contribution < 1.29 is 28.5 Å². The van der Waals surface area contributed by atoms with Crippen molar-refractivity contribution in [3.63, 3.8) is 0 Å². The highest BCUT2D eigenvalue weighted by atomic mass is 32.1. The van der Waals surface area contributed by atoms with Crippen LogP contribution < -0.4 is 19.5 Å². The Morgan fingerprint density at radius 2 is 1.78 bits per heavy atom. The molecule has 0 saturated heterocycles. The molecule has 1 aliphatic heterocycles. The van der Waals surface area contributed by atoms with Crippen LogP contribution in [0.3, 0.4) is 0 Å². The van der Waals surface area contributed by atoms with Gasteiger partial charge in [-0.1, -0.05) is 38.1 Å². The summed E-state index contributed by atoms with van der Waals surface area (Å²) in [7, 11) is 1.58. The van der Waals surface area contributed by atoms with Gasteiger partial charge in [0.2, 0.25) is 0 Å². The number of hydrogen-bond donors (Lipinski definition) is 1. The van der Waals surface area contributed by atoms with Crippen LogP contribution in [0.5, 0.6) is 17.2 Å². The first-order valence-electron chi connectivity index (χ1n) is 13.8. The number of benzene rings is 2. The molecule has 1 unspecified atom stereocenters. The number of methoxy groups -OCH3 is 1. The maximum absolute atomic E-state index is 14.1. The number of thiocarbonyl (C=S) groups is 1. The number of carbonyl (C=O) groups is 2. The summed E-state index contributed by atoms with van der Waals surface area (Å²) in [5.41, 5.74) is 2.59. The molecule has 1 aliphatic rings. The molecule has 0 aliphatic carbocycles. The van der Waals surface area contributed by atoms with E-state index in [4.69, 9.17) is 31.2 Å². The number of esters is 1. The van der Waals surface area contributed by atoms with Gasteiger partial charge in [0.15, 0.2) is 16.6 Å². The number of ether oxygens (including phenoxy) is 4. The fourth-order valence-electron chi connectivity index (χ4n) is 4.44. The summed E-state index contributed by atoms with van der Waals surface area (Å²) in [6.07, 6.45) is 1.62. The van der Waals surface area contributed by atoms with Crippen LogP contribution >= 0.6 is 12.2 Å². The van der Waals surface area contributed by atoms with Crippen molar-refractivity contribution in [3.05, 3.63) is 70.4 Å². The van der Waals surface area contributed by atoms with Crippen LogP contribution in [0.2, 0.25) is 0 Å². The number of nitrogens with one attached hydrogen (secondary N) is 1. The third-order valence-corrected chi connectivity index (χ3v) is 6.52. The zero-order chi connectivity index (χ0) is 30.3. The predicted octanol–water partition coefficient (Wildman–Crippen LogP) is 6.22. The van der Waals surface area contributed by atoms with Gasteiger partial charge in [-0.3, -0.25) is 9.69 Å². The number of hydrogen-bond acceptors (Lipinski definition) is 7. The Morgan fingerprint density at radius 1 is 1.07 bits per heavy atom. The number of amides is 1. The molecule has 2 aromatic carbocycles. The van der Waals surface area contributed by atoms with Crippen molar-refractivity contribution in [2.75, 3.05) is 20.3 Å². The van der Waals surface area contributed by atoms with Gasteiger partial charge in [-0.25, -0.2) is 4.79 Å². The third kappa shape index (κ3) is 7.67. The molecule has 3 rings (SSSR count). The second kappa shape index (κ2) is 14.2. The summed E-state index contributed by atoms with van der Waals surface area (Å²) in [6.45, 7) is 13.9. The number of para-hydroxylation sites is 1. The van der Waals surface area contributed by atoms with E-state index >= 15 is 0 Å². The van der Waals surface area contributed by atoms with Crippen LogP contribution in [0.25, 0.3) is 6.08 Å². The molecule has 41 heavy (non-hydrogen) atoms. The highest BCUT2D eigenvalue weighted by Crippen LogP contribution is 2.40. The van der Waals surface area contributed by atoms with Crippen molar-refractivity contribution in [2.45, 2.75) is 60.6 Å². The van der Waals surface area contributed by atoms with Crippen molar-refractivity contribution in [1.29, 1.82) is 0 Å². The Morgan fingerprint density at radius 3 is 2.41 bits per heavy atom. The Bertz CT molecular complexity index is 1350. The third-order valence-electron chi connectivity index (χ3n) is 6.22. The first-order valence-corrected chi connectivity index (χ1v) is 14.2. The van der Waals surface area contributed by atoms with E-state index in [0.29, 0.717) is 46.6 Å². The van der Waals surface area contributed by atoms with E-state index < -0.39 is 12.0 Å². The summed E-state index contributed by atoms with van der Waals surface area (Å²) in [6, 6.07) is 12.0. The number of rotatable bonds is 11. The largest absolute Gasteiger partial charge is 0.493 e. The summed E-state index contributed by atoms with van der Waals surface area (Å²) < 4.78 is 22.9. The number of nitrogens with zero attached hydrogens (tertiary/aromatic N) is 1. The zero-order valence-corrected chi connectivity index (χ0v) is 25.9. The lowest BCUT2D eigenvalue weighted by Gasteiger charge is -2.39. The van der Waals surface area contributed by atoms with Crippen LogP contribution in [0.1, 0.15) is 65.6 Å². The lowest BCUT2D eigenvalue weighted by atomic mass is 9.92. The van der Waals surface area contributed by atoms with Gasteiger partial charge in [-0.05, 0) is 82.6 Å². The maximum atomic E-state index is 14.1. The first kappa shape index (κ1) is 31.7. The van der Waals surface area contributed by atoms with Gasteiger partial charge in [0.05, 0.1) is 32.0 Å². The van der Waals surface area contributed by atoms with Gasteiger partial charge in [-0.15, -0.1) is 0 Å². The Labute approximate surface area is 248 Å². The quantitative estimate of drug-likeness (QED) is 0.191. The molecule has 0 fully saturated rings. The smallest absolute Gasteiger partial charge is 0.338 e. The molecular formula is C32H40N2O6S. The average Bonchev–Trinajstić information content (AvgIpc) is 2.91. The summed E-state index contributed by atoms with van der Waals surface area (Å²) in [5.74, 6) is 1.20. The lowest BCUT2D eigenvalue weighted by molar-refractivity contribution is -0.139. The summed E-state index contributed by atoms with van der Waals surface area (Å²) in [5, 5.41) is 3.21. The molecule has 8 nitrogen and oxygen atoms in total. The molecule has 2 aromatic rings. The molecule has 0 bridgehead atoms. The minimum atomic E-state index is -0.866. The van der Waals surface area contributed by atoms with Gasteiger partial charge in [-0.2, -0.15) is 0 Å². The fraction of sp³-hybridized carbons (Fsp3) is 0.406. The molecule has 1 heterocycles. The van der Waals surface area contributed by atoms with Gasteiger partial charge in [0.1, 0.15) is 11.8 Å². The second-order valence-electron chi connectivity index (χ2n) is 10.4. The van der Waals surface area contributed by atoms with E-state index in [1.54, 1.807) is 34.0 Å². The average molecular weight is 581 g/mol. The van der Waals surface area contributed by atoms with Gasteiger partial charge in [0.25, 0.3) is 5.91 Å². The molecule has 0 aromatic heterocycles. The molecule has 0 saturated carbocycles. The molecule has 0 spiro atoms. The Balaban J connectivity index is 2.09. The number of carbonyl (C=O) groups excluding carboxylic acids is 2. The molecule has 1 amide bonds. The predicted molar refractivity (Wildman–Crippen MR) is 164 cm³/mol. The Hall–Kier alpha value is -3.85. The van der Waals surface area contributed by atoms with Gasteiger partial charge < -0.3 is 24.3 Å². The number of allylic oxidation sites excluding steroid dienone is 1. The molecule has 0 radical (unpaired) electrons. The molecule has 9 heteroatoms. The van der Waals surface area contributed by atoms with Crippen LogP contribution in [0.15, 0.2) is 59.3 Å². The van der Waals surface area contributed by atoms with E-state index in [2.05, 4.69) is 19.2 Å². The van der Waals surface area contributed by atoms with E-state index in [0.717, 1.165) is 5.56 Å². The highest BCUT2D eigenvalue weighted by molar-refractivity contribution is 7.80. The lowest BCUT2D eigenvalue weighted by Crippen LogP contribution is -2.51. The van der Waals surface area contributed by atoms with Crippen LogP contribution in [-0.4, -0.2) is 48.3 Å². The molecular weight excluding hydrogens is 540 g/mol. The van der Waals surface area contributed by atoms with E-state index in [1.165, 1.54) is 4.90 Å². The summed E-state index contributed by atoms with van der Waals surface area (Å²) >= 11 is 5.69. The minimum Gasteiger partial charge on any atom is -0.493 e. The maximum Gasteiger partial charge on any atom is 0.338 e. The summed E-state index contributed by atoms with van der Waals surface area (Å²) in [4.78, 5) is 28.8. The topological polar surface area (TPSA) is 86.3 Å². The van der Waals surface area contributed by atoms with Crippen molar-refractivity contribution >= 4 is 35.3 Å². The van der Waals surface area contributed by atoms with Crippen molar-refractivity contribution in [1.82, 2.24) is 10.2 Å². The molecule has 1 atom stereocenters. The van der Waals surface area contributed by atoms with Crippen LogP contribution in [-0.2, 0) is 14.3 Å². The van der Waals surface area contributed by atoms with Gasteiger partial charge in [0, 0.05) is 16.8 Å². The zero-order valence-electron chi connectivity index (χ0n) is 25.1. The van der Waals surface area contributed by atoms with Crippen LogP contribution in [0, 0.1) is 5.92 Å². The molecule has 220 valence electrons. The van der Waals surface area contributed by atoms with E-state index in [-0.39, 0.29) is 29.3 Å². The monoisotopic (exact) mass is 580 g/mol. The fourth-order valence-corrected chi connectivity index (χ4v) is 4.78. The first-order chi connectivity index (χ1) is 19.5. The SMILES string of the molecule is CCOC(=O)C1=C(C)NC(=S)N(C(=O)/C(C)=C/c2ccc(OCC(C)C)c(OC)c2)C1c1ccccc1OC(C)C. The minimum absolute atomic E-state index is 0.130. The van der Waals surface area contributed by atoms with E-state index in [1.807, 2.05) is 56.3 Å². The van der Waals surface area contributed by atoms with Crippen LogP contribution in [0.4, 0.5) is 0 Å². The van der Waals surface area contributed by atoms with E-state index in [9.17, 15) is 9.59 Å². The van der Waals surface area contributed by atoms with Crippen molar-refractivity contribution in [3.8, 4) is 17.2 Å². The normalized spacial score (nSPS) is 15.7. The Kier molecular flexibility index (Phi) is 10.9. The highest BCUT2D eigenvalue weighted by Gasteiger charge is 2.41. The molecule has 1 N–H and O–H groups in total. The van der Waals surface area contributed by atoms with Gasteiger partial charge >= 0.3 is 5.97 Å². The second-order valence-corrected chi connectivity index (χ2v) is 10.8. The standard InChI is InChI=1S/C32H40N2O6S/c1-9-38-31(36)28-22(7)33-32(41)34(29(28)24-12-10-11-13-25(24)40-20(4)5)30(35)21(6)16-23-14-15-26(27(17-23)37-8)39-18-19(2)3/h10-17,19-20,29H,9,18H2,1-8H3,(H,33,41)/b21-16+.